The van der Waals surface area contributed by atoms with Crippen molar-refractivity contribution in [3.05, 3.63) is 59.9 Å². The van der Waals surface area contributed by atoms with Crippen molar-refractivity contribution in [3.8, 4) is 0 Å². The van der Waals surface area contributed by atoms with Crippen LogP contribution >= 0.6 is 0 Å². The molecule has 4 heterocycles. The van der Waals surface area contributed by atoms with Crippen LogP contribution in [0.15, 0.2) is 42.7 Å². The van der Waals surface area contributed by atoms with Gasteiger partial charge in [0.15, 0.2) is 5.82 Å². The minimum atomic E-state index is -0.133. The summed E-state index contributed by atoms with van der Waals surface area (Å²) in [6.45, 7) is 8.23. The lowest BCUT2D eigenvalue weighted by molar-refractivity contribution is 0.00518. The second kappa shape index (κ2) is 10.4. The highest BCUT2D eigenvalue weighted by Gasteiger charge is 2.46. The zero-order chi connectivity index (χ0) is 24.4. The second-order valence-corrected chi connectivity index (χ2v) is 10.9. The van der Waals surface area contributed by atoms with Gasteiger partial charge in [0.25, 0.3) is 0 Å². The lowest BCUT2D eigenvalue weighted by atomic mass is 9.84. The molecule has 1 aliphatic carbocycles. The summed E-state index contributed by atoms with van der Waals surface area (Å²) < 4.78 is 4.20. The van der Waals surface area contributed by atoms with Crippen LogP contribution in [0.2, 0.25) is 0 Å². The molecule has 0 bridgehead atoms. The van der Waals surface area contributed by atoms with Crippen molar-refractivity contribution >= 4 is 0 Å². The van der Waals surface area contributed by atoms with Crippen molar-refractivity contribution in [2.45, 2.75) is 63.2 Å². The molecule has 1 saturated carbocycles. The standard InChI is InChI=1S/C27H39N9/c1-32-18-13-28-25(32)22-33-16-11-27(12-17-33,35-15-6-14-34(19-20-35)24-9-5-10-24)26-29-30-31-36(26)21-23-7-3-2-4-8-23/h2-4,7-8,13,18,24H,5-6,9-12,14-17,19-22H2,1H3. The third kappa shape index (κ3) is 4.71. The Hall–Kier alpha value is -2.62. The highest BCUT2D eigenvalue weighted by molar-refractivity contribution is 5.17. The van der Waals surface area contributed by atoms with E-state index in [1.165, 1.54) is 37.8 Å². The van der Waals surface area contributed by atoms with E-state index < -0.39 is 0 Å². The fourth-order valence-electron chi connectivity index (χ4n) is 6.39. The van der Waals surface area contributed by atoms with E-state index in [2.05, 4.69) is 76.7 Å². The van der Waals surface area contributed by atoms with Crippen LogP contribution in [0.1, 0.15) is 55.7 Å². The minimum absolute atomic E-state index is 0.133. The fraction of sp³-hybridized carbons (Fsp3) is 0.630. The molecule has 0 N–H and O–H groups in total. The van der Waals surface area contributed by atoms with Crippen molar-refractivity contribution in [1.29, 1.82) is 0 Å². The number of imidazole rings is 1. The van der Waals surface area contributed by atoms with Gasteiger partial charge in [-0.05, 0) is 54.6 Å². The Morgan fingerprint density at radius 2 is 1.75 bits per heavy atom. The topological polar surface area (TPSA) is 71.1 Å². The Balaban J connectivity index is 1.25. The van der Waals surface area contributed by atoms with E-state index in [0.29, 0.717) is 6.54 Å². The number of rotatable bonds is 7. The summed E-state index contributed by atoms with van der Waals surface area (Å²) in [6.07, 6.45) is 11.4. The molecule has 3 aromatic rings. The lowest BCUT2D eigenvalue weighted by Crippen LogP contribution is -2.55. The molecule has 36 heavy (non-hydrogen) atoms. The van der Waals surface area contributed by atoms with Crippen LogP contribution in [0.3, 0.4) is 0 Å². The molecule has 2 saturated heterocycles. The molecule has 6 rings (SSSR count). The van der Waals surface area contributed by atoms with Gasteiger partial charge >= 0.3 is 0 Å². The van der Waals surface area contributed by atoms with Crippen LogP contribution in [-0.4, -0.2) is 89.8 Å². The third-order valence-electron chi connectivity index (χ3n) is 8.82. The number of nitrogens with zero attached hydrogens (tertiary/aromatic N) is 9. The molecule has 9 heteroatoms. The van der Waals surface area contributed by atoms with Crippen LogP contribution < -0.4 is 0 Å². The van der Waals surface area contributed by atoms with Crippen LogP contribution in [0, 0.1) is 0 Å². The summed E-state index contributed by atoms with van der Waals surface area (Å²) in [5.41, 5.74) is 1.10. The van der Waals surface area contributed by atoms with Crippen molar-refractivity contribution in [3.63, 3.8) is 0 Å². The number of aromatic nitrogens is 6. The van der Waals surface area contributed by atoms with Crippen LogP contribution in [0.5, 0.6) is 0 Å². The minimum Gasteiger partial charge on any atom is -0.337 e. The normalized spacial score (nSPS) is 22.4. The Morgan fingerprint density at radius 3 is 2.47 bits per heavy atom. The molecule has 0 atom stereocenters. The number of tetrazole rings is 1. The molecular weight excluding hydrogens is 450 g/mol. The van der Waals surface area contributed by atoms with Gasteiger partial charge in [0.2, 0.25) is 0 Å². The number of piperidine rings is 1. The monoisotopic (exact) mass is 489 g/mol. The quantitative estimate of drug-likeness (QED) is 0.505. The van der Waals surface area contributed by atoms with Crippen LogP contribution in [0.4, 0.5) is 0 Å². The van der Waals surface area contributed by atoms with Gasteiger partial charge in [-0.3, -0.25) is 14.7 Å². The average Bonchev–Trinajstić information content (AvgIpc) is 3.42. The van der Waals surface area contributed by atoms with Gasteiger partial charge in [-0.1, -0.05) is 36.8 Å². The van der Waals surface area contributed by atoms with Gasteiger partial charge in [-0.25, -0.2) is 9.67 Å². The van der Waals surface area contributed by atoms with Crippen molar-refractivity contribution in [1.82, 2.24) is 44.5 Å². The largest absolute Gasteiger partial charge is 0.337 e. The van der Waals surface area contributed by atoms with Crippen molar-refractivity contribution < 1.29 is 0 Å². The Kier molecular flexibility index (Phi) is 6.86. The Bertz CT molecular complexity index is 1110. The smallest absolute Gasteiger partial charge is 0.172 e. The van der Waals surface area contributed by atoms with Crippen LogP contribution in [0.25, 0.3) is 0 Å². The van der Waals surface area contributed by atoms with Gasteiger partial charge in [0.1, 0.15) is 5.82 Å². The summed E-state index contributed by atoms with van der Waals surface area (Å²) in [5, 5.41) is 13.4. The zero-order valence-electron chi connectivity index (χ0n) is 21.5. The number of hydrogen-bond donors (Lipinski definition) is 0. The molecule has 192 valence electrons. The van der Waals surface area contributed by atoms with Gasteiger partial charge in [0.05, 0.1) is 18.6 Å². The van der Waals surface area contributed by atoms with E-state index in [0.717, 1.165) is 69.8 Å². The summed E-state index contributed by atoms with van der Waals surface area (Å²) >= 11 is 0. The van der Waals surface area contributed by atoms with Gasteiger partial charge in [0, 0.05) is 58.2 Å². The summed E-state index contributed by atoms with van der Waals surface area (Å²) in [7, 11) is 2.08. The first-order valence-electron chi connectivity index (χ1n) is 13.7. The predicted octanol–water partition coefficient (Wildman–Crippen LogP) is 2.51. The molecule has 2 aliphatic heterocycles. The summed E-state index contributed by atoms with van der Waals surface area (Å²) in [6, 6.07) is 11.4. The molecule has 0 amide bonds. The lowest BCUT2D eigenvalue weighted by Gasteiger charge is -2.47. The molecule has 1 aromatic carbocycles. The Morgan fingerprint density at radius 1 is 0.917 bits per heavy atom. The number of likely N-dealkylation sites (tertiary alicyclic amines) is 1. The first kappa shape index (κ1) is 23.8. The maximum Gasteiger partial charge on any atom is 0.172 e. The molecular formula is C27H39N9. The highest BCUT2D eigenvalue weighted by atomic mass is 15.6. The number of aryl methyl sites for hydroxylation is 1. The molecule has 9 nitrogen and oxygen atoms in total. The van der Waals surface area contributed by atoms with Gasteiger partial charge in [-0.2, -0.15) is 0 Å². The number of benzene rings is 1. The van der Waals surface area contributed by atoms with Gasteiger partial charge < -0.3 is 4.57 Å². The molecule has 0 spiro atoms. The summed E-state index contributed by atoms with van der Waals surface area (Å²) in [5.74, 6) is 2.17. The van der Waals surface area contributed by atoms with Crippen molar-refractivity contribution in [2.24, 2.45) is 7.05 Å². The van der Waals surface area contributed by atoms with E-state index in [1.807, 2.05) is 12.4 Å². The van der Waals surface area contributed by atoms with E-state index in [-0.39, 0.29) is 5.54 Å². The third-order valence-corrected chi connectivity index (χ3v) is 8.82. The average molecular weight is 490 g/mol. The predicted molar refractivity (Wildman–Crippen MR) is 138 cm³/mol. The van der Waals surface area contributed by atoms with E-state index in [1.54, 1.807) is 0 Å². The molecule has 2 aromatic heterocycles. The molecule has 3 aliphatic rings. The zero-order valence-corrected chi connectivity index (χ0v) is 21.5. The van der Waals surface area contributed by atoms with Crippen LogP contribution in [-0.2, 0) is 25.7 Å². The van der Waals surface area contributed by atoms with E-state index >= 15 is 0 Å². The SMILES string of the molecule is Cn1ccnc1CN1CCC(c2nnnn2Cc2ccccc2)(N2CCCN(C3CCC3)CC2)CC1. The highest BCUT2D eigenvalue weighted by Crippen LogP contribution is 2.39. The summed E-state index contributed by atoms with van der Waals surface area (Å²) in [4.78, 5) is 12.6. The first-order chi connectivity index (χ1) is 17.7. The second-order valence-electron chi connectivity index (χ2n) is 10.9. The molecule has 0 radical (unpaired) electrons. The maximum atomic E-state index is 4.72. The molecule has 3 fully saturated rings. The molecule has 0 unspecified atom stereocenters. The fourth-order valence-corrected chi connectivity index (χ4v) is 6.39. The maximum absolute atomic E-state index is 4.72. The van der Waals surface area contributed by atoms with Gasteiger partial charge in [-0.15, -0.1) is 5.10 Å². The van der Waals surface area contributed by atoms with E-state index in [9.17, 15) is 0 Å². The first-order valence-corrected chi connectivity index (χ1v) is 13.7. The Labute approximate surface area is 214 Å². The van der Waals surface area contributed by atoms with E-state index in [4.69, 9.17) is 5.10 Å². The van der Waals surface area contributed by atoms with Crippen molar-refractivity contribution in [2.75, 3.05) is 39.3 Å². The number of hydrogen-bond acceptors (Lipinski definition) is 7.